The van der Waals surface area contributed by atoms with E-state index in [0.29, 0.717) is 5.78 Å². The number of carbonyl (C=O) groups is 1. The maximum Gasteiger partial charge on any atom is 0.172 e. The Hall–Kier alpha value is -0.280. The highest BCUT2D eigenvalue weighted by atomic mass is 32.2. The van der Waals surface area contributed by atoms with Crippen LogP contribution >= 0.6 is 23.1 Å². The number of thiophene rings is 1. The highest BCUT2D eigenvalue weighted by molar-refractivity contribution is 7.98. The fourth-order valence-corrected chi connectivity index (χ4v) is 4.46. The second kappa shape index (κ2) is 6.60. The van der Waals surface area contributed by atoms with Crippen LogP contribution in [0.2, 0.25) is 0 Å². The van der Waals surface area contributed by atoms with E-state index in [2.05, 4.69) is 13.0 Å². The number of thioether (sulfide) groups is 1. The maximum absolute atomic E-state index is 12.0. The number of hydrogen-bond acceptors (Lipinski definition) is 3. The lowest BCUT2D eigenvalue weighted by Crippen LogP contribution is -1.96. The van der Waals surface area contributed by atoms with Crippen molar-refractivity contribution in [2.75, 3.05) is 5.75 Å². The molecule has 94 valence electrons. The number of unbranched alkanes of at least 4 members (excludes halogenated alkanes) is 3. The van der Waals surface area contributed by atoms with Gasteiger partial charge in [0.05, 0.1) is 4.88 Å². The number of aryl methyl sites for hydroxylation is 1. The molecule has 3 heteroatoms. The first-order chi connectivity index (χ1) is 8.31. The maximum atomic E-state index is 12.0. The van der Waals surface area contributed by atoms with Crippen LogP contribution in [0.3, 0.4) is 0 Å². The largest absolute Gasteiger partial charge is 0.293 e. The third-order valence-electron chi connectivity index (χ3n) is 3.16. The fraction of sp³-hybridized carbons (Fsp3) is 0.643. The van der Waals surface area contributed by atoms with Crippen molar-refractivity contribution in [3.63, 3.8) is 0 Å². The normalized spacial score (nSPS) is 14.6. The Kier molecular flexibility index (Phi) is 5.11. The molecule has 0 N–H and O–H groups in total. The summed E-state index contributed by atoms with van der Waals surface area (Å²) >= 11 is 3.73. The number of ketones is 1. The molecule has 0 spiro atoms. The summed E-state index contributed by atoms with van der Waals surface area (Å²) in [5.74, 6) is 2.69. The molecule has 0 unspecified atom stereocenters. The second-order valence-corrected chi connectivity index (χ2v) is 6.84. The smallest absolute Gasteiger partial charge is 0.172 e. The summed E-state index contributed by atoms with van der Waals surface area (Å²) in [5.41, 5.74) is 1.42. The van der Waals surface area contributed by atoms with Gasteiger partial charge in [0.15, 0.2) is 5.78 Å². The lowest BCUT2D eigenvalue weighted by Gasteiger charge is -2.08. The van der Waals surface area contributed by atoms with Crippen molar-refractivity contribution in [1.29, 1.82) is 0 Å². The fourth-order valence-electron chi connectivity index (χ4n) is 2.12. The van der Waals surface area contributed by atoms with E-state index >= 15 is 0 Å². The molecule has 1 aliphatic rings. The SMILES string of the molecule is CCCCCCC(=O)c1cc2c(s1)CCSC2. The van der Waals surface area contributed by atoms with Gasteiger partial charge in [0.1, 0.15) is 0 Å². The van der Waals surface area contributed by atoms with Gasteiger partial charge < -0.3 is 0 Å². The Morgan fingerprint density at radius 2 is 2.24 bits per heavy atom. The number of rotatable bonds is 6. The van der Waals surface area contributed by atoms with E-state index in [-0.39, 0.29) is 0 Å². The molecule has 1 aliphatic heterocycles. The van der Waals surface area contributed by atoms with Crippen LogP contribution in [0.4, 0.5) is 0 Å². The van der Waals surface area contributed by atoms with Crippen molar-refractivity contribution >= 4 is 28.9 Å². The van der Waals surface area contributed by atoms with Crippen molar-refractivity contribution in [2.45, 2.75) is 51.2 Å². The van der Waals surface area contributed by atoms with Gasteiger partial charge in [-0.2, -0.15) is 11.8 Å². The first-order valence-corrected chi connectivity index (χ1v) is 8.51. The van der Waals surface area contributed by atoms with Crippen molar-refractivity contribution in [2.24, 2.45) is 0 Å². The second-order valence-electron chi connectivity index (χ2n) is 4.60. The molecule has 0 amide bonds. The molecule has 2 heterocycles. The predicted octanol–water partition coefficient (Wildman–Crippen LogP) is 4.69. The molecule has 0 fully saturated rings. The van der Waals surface area contributed by atoms with Gasteiger partial charge in [-0.3, -0.25) is 4.79 Å². The Bertz CT molecular complexity index is 358. The number of hydrogen-bond donors (Lipinski definition) is 0. The summed E-state index contributed by atoms with van der Waals surface area (Å²) in [6.45, 7) is 2.20. The molecule has 1 aromatic rings. The van der Waals surface area contributed by atoms with Gasteiger partial charge in [-0.1, -0.05) is 26.2 Å². The van der Waals surface area contributed by atoms with Gasteiger partial charge in [-0.25, -0.2) is 0 Å². The Labute approximate surface area is 112 Å². The van der Waals surface area contributed by atoms with E-state index in [1.54, 1.807) is 11.3 Å². The Morgan fingerprint density at radius 1 is 1.35 bits per heavy atom. The number of Topliss-reactive ketones (excluding diaryl/α,β-unsaturated/α-hetero) is 1. The molecule has 17 heavy (non-hydrogen) atoms. The van der Waals surface area contributed by atoms with Crippen LogP contribution in [0.5, 0.6) is 0 Å². The first kappa shape index (κ1) is 13.2. The van der Waals surface area contributed by atoms with Crippen molar-refractivity contribution in [3.8, 4) is 0 Å². The molecule has 0 aromatic carbocycles. The van der Waals surface area contributed by atoms with Crippen LogP contribution in [0.15, 0.2) is 6.07 Å². The standard InChI is InChI=1S/C14H20OS2/c1-2-3-4-5-6-12(15)14-9-11-10-16-8-7-13(11)17-14/h9H,2-8,10H2,1H3. The molecule has 1 aromatic heterocycles. The monoisotopic (exact) mass is 268 g/mol. The molecule has 1 nitrogen and oxygen atoms in total. The van der Waals surface area contributed by atoms with Crippen LogP contribution in [-0.2, 0) is 12.2 Å². The summed E-state index contributed by atoms with van der Waals surface area (Å²) in [6, 6.07) is 2.15. The molecule has 2 rings (SSSR count). The van der Waals surface area contributed by atoms with Gasteiger partial charge in [0.2, 0.25) is 0 Å². The minimum Gasteiger partial charge on any atom is -0.293 e. The van der Waals surface area contributed by atoms with E-state index in [4.69, 9.17) is 0 Å². The first-order valence-electron chi connectivity index (χ1n) is 6.53. The third-order valence-corrected chi connectivity index (χ3v) is 5.45. The molecule has 0 bridgehead atoms. The van der Waals surface area contributed by atoms with Gasteiger partial charge in [-0.05, 0) is 30.2 Å². The molecule has 0 aliphatic carbocycles. The zero-order valence-electron chi connectivity index (χ0n) is 10.5. The lowest BCUT2D eigenvalue weighted by molar-refractivity contribution is 0.0983. The zero-order valence-corrected chi connectivity index (χ0v) is 12.1. The molecule has 0 radical (unpaired) electrons. The number of fused-ring (bicyclic) bond motifs is 1. The summed E-state index contributed by atoms with van der Waals surface area (Å²) < 4.78 is 0. The van der Waals surface area contributed by atoms with Crippen LogP contribution in [-0.4, -0.2) is 11.5 Å². The third kappa shape index (κ3) is 3.59. The highest BCUT2D eigenvalue weighted by Gasteiger charge is 2.16. The highest BCUT2D eigenvalue weighted by Crippen LogP contribution is 2.32. The molecular formula is C14H20OS2. The molecule has 0 saturated carbocycles. The van der Waals surface area contributed by atoms with Crippen LogP contribution in [0, 0.1) is 0 Å². The minimum absolute atomic E-state index is 0.366. The Balaban J connectivity index is 1.88. The molecular weight excluding hydrogens is 248 g/mol. The van der Waals surface area contributed by atoms with E-state index < -0.39 is 0 Å². The van der Waals surface area contributed by atoms with Gasteiger partial charge >= 0.3 is 0 Å². The summed E-state index contributed by atoms with van der Waals surface area (Å²) in [5, 5.41) is 0. The lowest BCUT2D eigenvalue weighted by atomic mass is 10.1. The van der Waals surface area contributed by atoms with Crippen molar-refractivity contribution in [1.82, 2.24) is 0 Å². The molecule has 0 saturated heterocycles. The van der Waals surface area contributed by atoms with E-state index in [9.17, 15) is 4.79 Å². The topological polar surface area (TPSA) is 17.1 Å². The molecule has 0 atom stereocenters. The van der Waals surface area contributed by atoms with Crippen LogP contribution in [0.1, 0.15) is 59.1 Å². The number of carbonyl (C=O) groups excluding carboxylic acids is 1. The van der Waals surface area contributed by atoms with Crippen molar-refractivity contribution < 1.29 is 4.79 Å². The minimum atomic E-state index is 0.366. The quantitative estimate of drug-likeness (QED) is 0.550. The van der Waals surface area contributed by atoms with Crippen LogP contribution < -0.4 is 0 Å². The Morgan fingerprint density at radius 3 is 3.00 bits per heavy atom. The average Bonchev–Trinajstić information content (AvgIpc) is 2.78. The van der Waals surface area contributed by atoms with E-state index in [1.807, 2.05) is 11.8 Å². The average molecular weight is 268 g/mol. The van der Waals surface area contributed by atoms with Gasteiger partial charge in [0.25, 0.3) is 0 Å². The predicted molar refractivity (Wildman–Crippen MR) is 77.3 cm³/mol. The zero-order chi connectivity index (χ0) is 12.1. The van der Waals surface area contributed by atoms with Gasteiger partial charge in [0, 0.05) is 17.1 Å². The van der Waals surface area contributed by atoms with Gasteiger partial charge in [-0.15, -0.1) is 11.3 Å². The summed E-state index contributed by atoms with van der Waals surface area (Å²) in [4.78, 5) is 14.5. The van der Waals surface area contributed by atoms with E-state index in [0.717, 1.165) is 29.9 Å². The van der Waals surface area contributed by atoms with Crippen molar-refractivity contribution in [3.05, 3.63) is 21.4 Å². The van der Waals surface area contributed by atoms with E-state index in [1.165, 1.54) is 35.5 Å². The summed E-state index contributed by atoms with van der Waals surface area (Å²) in [6.07, 6.45) is 6.65. The van der Waals surface area contributed by atoms with Crippen LogP contribution in [0.25, 0.3) is 0 Å². The summed E-state index contributed by atoms with van der Waals surface area (Å²) in [7, 11) is 0.